The summed E-state index contributed by atoms with van der Waals surface area (Å²) in [6.07, 6.45) is 15.1. The molecular formula is C22H39N. The number of hydrogen-bond donors (Lipinski definition) is 0. The summed E-state index contributed by atoms with van der Waals surface area (Å²) in [7, 11) is 0. The van der Waals surface area contributed by atoms with Gasteiger partial charge in [-0.1, -0.05) is 95.5 Å². The number of benzene rings is 1. The van der Waals surface area contributed by atoms with Gasteiger partial charge < -0.3 is 4.90 Å². The van der Waals surface area contributed by atoms with E-state index in [4.69, 9.17) is 0 Å². The van der Waals surface area contributed by atoms with E-state index in [1.165, 1.54) is 95.8 Å². The number of nitrogens with zero attached hydrogens (tertiary/aromatic N) is 1. The minimum Gasteiger partial charge on any atom is -0.303 e. The van der Waals surface area contributed by atoms with Crippen molar-refractivity contribution in [1.29, 1.82) is 0 Å². The number of unbranched alkanes of at least 4 members (excludes halogenated alkanes) is 8. The third-order valence-electron chi connectivity index (χ3n) is 4.72. The van der Waals surface area contributed by atoms with E-state index in [-0.39, 0.29) is 0 Å². The maximum absolute atomic E-state index is 2.71. The van der Waals surface area contributed by atoms with Crippen molar-refractivity contribution in [2.75, 3.05) is 19.6 Å². The van der Waals surface area contributed by atoms with Gasteiger partial charge in [0, 0.05) is 6.54 Å². The van der Waals surface area contributed by atoms with Gasteiger partial charge in [0.1, 0.15) is 0 Å². The summed E-state index contributed by atoms with van der Waals surface area (Å²) >= 11 is 0. The van der Waals surface area contributed by atoms with E-state index in [1.807, 2.05) is 0 Å². The molecule has 0 atom stereocenters. The van der Waals surface area contributed by atoms with Crippen LogP contribution in [-0.2, 0) is 6.42 Å². The lowest BCUT2D eigenvalue weighted by Gasteiger charge is -2.22. The summed E-state index contributed by atoms with van der Waals surface area (Å²) in [5, 5.41) is 0. The fourth-order valence-corrected chi connectivity index (χ4v) is 3.15. The lowest BCUT2D eigenvalue weighted by Crippen LogP contribution is -2.28. The Labute approximate surface area is 145 Å². The molecule has 0 aliphatic carbocycles. The van der Waals surface area contributed by atoms with Crippen molar-refractivity contribution in [3.8, 4) is 0 Å². The zero-order valence-electron chi connectivity index (χ0n) is 15.7. The minimum atomic E-state index is 1.20. The monoisotopic (exact) mass is 317 g/mol. The second-order valence-electron chi connectivity index (χ2n) is 6.91. The molecule has 0 aromatic heterocycles. The van der Waals surface area contributed by atoms with Gasteiger partial charge in [-0.3, -0.25) is 0 Å². The highest BCUT2D eigenvalue weighted by molar-refractivity contribution is 5.14. The number of hydrogen-bond acceptors (Lipinski definition) is 1. The van der Waals surface area contributed by atoms with Gasteiger partial charge >= 0.3 is 0 Å². The fourth-order valence-electron chi connectivity index (χ4n) is 3.15. The van der Waals surface area contributed by atoms with E-state index in [2.05, 4.69) is 49.1 Å². The van der Waals surface area contributed by atoms with Gasteiger partial charge in [-0.25, -0.2) is 0 Å². The molecule has 0 saturated heterocycles. The minimum absolute atomic E-state index is 1.20. The van der Waals surface area contributed by atoms with Crippen LogP contribution in [0.25, 0.3) is 0 Å². The first-order valence-electron chi connectivity index (χ1n) is 10.1. The molecule has 0 N–H and O–H groups in total. The number of rotatable bonds is 15. The molecule has 0 spiro atoms. The lowest BCUT2D eigenvalue weighted by molar-refractivity contribution is 0.263. The van der Waals surface area contributed by atoms with Gasteiger partial charge in [0.15, 0.2) is 0 Å². The van der Waals surface area contributed by atoms with E-state index in [0.717, 1.165) is 0 Å². The molecule has 0 bridgehead atoms. The SMILES string of the molecule is CCCCCCCN(CCCCCCC)CCc1ccccc1. The van der Waals surface area contributed by atoms with Gasteiger partial charge in [0.2, 0.25) is 0 Å². The van der Waals surface area contributed by atoms with Gasteiger partial charge in [-0.05, 0) is 37.9 Å². The predicted octanol–water partition coefficient (Wildman–Crippen LogP) is 6.47. The quantitative estimate of drug-likeness (QED) is 0.335. The van der Waals surface area contributed by atoms with Crippen LogP contribution in [0.2, 0.25) is 0 Å². The van der Waals surface area contributed by atoms with E-state index >= 15 is 0 Å². The molecule has 1 rings (SSSR count). The summed E-state index contributed by atoms with van der Waals surface area (Å²) in [6.45, 7) is 8.41. The summed E-state index contributed by atoms with van der Waals surface area (Å²) in [6, 6.07) is 11.0. The first-order chi connectivity index (χ1) is 11.4. The van der Waals surface area contributed by atoms with Crippen molar-refractivity contribution in [2.45, 2.75) is 84.5 Å². The van der Waals surface area contributed by atoms with E-state index < -0.39 is 0 Å². The van der Waals surface area contributed by atoms with Crippen LogP contribution in [0.5, 0.6) is 0 Å². The van der Waals surface area contributed by atoms with Crippen LogP contribution in [0.3, 0.4) is 0 Å². The molecule has 132 valence electrons. The third kappa shape index (κ3) is 11.4. The maximum atomic E-state index is 2.71. The van der Waals surface area contributed by atoms with Crippen molar-refractivity contribution < 1.29 is 0 Å². The van der Waals surface area contributed by atoms with Crippen LogP contribution in [0.15, 0.2) is 30.3 Å². The summed E-state index contributed by atoms with van der Waals surface area (Å²) in [4.78, 5) is 2.71. The highest BCUT2D eigenvalue weighted by Crippen LogP contribution is 2.09. The lowest BCUT2D eigenvalue weighted by atomic mass is 10.1. The zero-order chi connectivity index (χ0) is 16.6. The summed E-state index contributed by atoms with van der Waals surface area (Å²) < 4.78 is 0. The highest BCUT2D eigenvalue weighted by Gasteiger charge is 2.05. The zero-order valence-corrected chi connectivity index (χ0v) is 15.7. The Balaban J connectivity index is 2.25. The molecule has 1 heteroatoms. The molecule has 1 nitrogen and oxygen atoms in total. The molecule has 23 heavy (non-hydrogen) atoms. The van der Waals surface area contributed by atoms with Gasteiger partial charge in [-0.2, -0.15) is 0 Å². The van der Waals surface area contributed by atoms with Crippen molar-refractivity contribution in [2.24, 2.45) is 0 Å². The Morgan fingerprint density at radius 2 is 1.13 bits per heavy atom. The molecule has 0 unspecified atom stereocenters. The molecule has 0 fully saturated rings. The average molecular weight is 318 g/mol. The van der Waals surface area contributed by atoms with Crippen molar-refractivity contribution in [3.05, 3.63) is 35.9 Å². The van der Waals surface area contributed by atoms with Crippen LogP contribution in [0.1, 0.15) is 83.6 Å². The molecule has 0 saturated carbocycles. The molecule has 0 aliphatic heterocycles. The average Bonchev–Trinajstić information content (AvgIpc) is 2.59. The first kappa shape index (κ1) is 20.2. The Kier molecular flexibility index (Phi) is 13.0. The molecule has 1 aromatic rings. The first-order valence-corrected chi connectivity index (χ1v) is 10.1. The van der Waals surface area contributed by atoms with Crippen molar-refractivity contribution in [3.63, 3.8) is 0 Å². The molecule has 0 amide bonds. The van der Waals surface area contributed by atoms with E-state index in [0.29, 0.717) is 0 Å². The van der Waals surface area contributed by atoms with Gasteiger partial charge in [0.25, 0.3) is 0 Å². The van der Waals surface area contributed by atoms with Crippen LogP contribution in [0.4, 0.5) is 0 Å². The largest absolute Gasteiger partial charge is 0.303 e. The Morgan fingerprint density at radius 1 is 0.609 bits per heavy atom. The van der Waals surface area contributed by atoms with Gasteiger partial charge in [-0.15, -0.1) is 0 Å². The van der Waals surface area contributed by atoms with Crippen LogP contribution >= 0.6 is 0 Å². The smallest absolute Gasteiger partial charge is 0.00218 e. The molecular weight excluding hydrogens is 278 g/mol. The highest BCUT2D eigenvalue weighted by atomic mass is 15.1. The standard InChI is InChI=1S/C22H39N/c1-3-5-7-9-14-19-23(20-15-10-8-6-4-2)21-18-22-16-12-11-13-17-22/h11-13,16-17H,3-10,14-15,18-21H2,1-2H3. The third-order valence-corrected chi connectivity index (χ3v) is 4.72. The molecule has 0 radical (unpaired) electrons. The second kappa shape index (κ2) is 14.8. The topological polar surface area (TPSA) is 3.24 Å². The summed E-state index contributed by atoms with van der Waals surface area (Å²) in [5.41, 5.74) is 1.48. The molecule has 1 aromatic carbocycles. The second-order valence-corrected chi connectivity index (χ2v) is 6.91. The van der Waals surface area contributed by atoms with E-state index in [1.54, 1.807) is 0 Å². The van der Waals surface area contributed by atoms with Crippen molar-refractivity contribution >= 4 is 0 Å². The van der Waals surface area contributed by atoms with Crippen LogP contribution < -0.4 is 0 Å². The normalized spacial score (nSPS) is 11.3. The fraction of sp³-hybridized carbons (Fsp3) is 0.727. The molecule has 0 aliphatic rings. The Bertz CT molecular complexity index is 332. The Morgan fingerprint density at radius 3 is 1.65 bits per heavy atom. The van der Waals surface area contributed by atoms with Crippen LogP contribution in [-0.4, -0.2) is 24.5 Å². The van der Waals surface area contributed by atoms with Crippen molar-refractivity contribution in [1.82, 2.24) is 4.90 Å². The molecule has 0 heterocycles. The maximum Gasteiger partial charge on any atom is 0.00218 e. The van der Waals surface area contributed by atoms with Crippen LogP contribution in [0, 0.1) is 0 Å². The van der Waals surface area contributed by atoms with Gasteiger partial charge in [0.05, 0.1) is 0 Å². The predicted molar refractivity (Wildman–Crippen MR) is 104 cm³/mol. The summed E-state index contributed by atoms with van der Waals surface area (Å²) in [5.74, 6) is 0. The Hall–Kier alpha value is -0.820. The van der Waals surface area contributed by atoms with E-state index in [9.17, 15) is 0 Å².